The molecule has 0 radical (unpaired) electrons. The van der Waals surface area contributed by atoms with E-state index in [1.54, 1.807) is 6.92 Å². The van der Waals surface area contributed by atoms with Crippen molar-refractivity contribution in [1.29, 1.82) is 0 Å². The van der Waals surface area contributed by atoms with Gasteiger partial charge < -0.3 is 9.57 Å². The molecule has 0 aromatic heterocycles. The summed E-state index contributed by atoms with van der Waals surface area (Å²) in [5.74, 6) is 1.49. The molecule has 0 rings (SSSR count). The number of nitrogens with zero attached hydrogens (tertiary/aromatic N) is 1. The minimum absolute atomic E-state index is 0.586. The monoisotopic (exact) mass is 191 g/mol. The van der Waals surface area contributed by atoms with E-state index in [0.29, 0.717) is 19.1 Å². The molecule has 0 atom stereocenters. The molecule has 0 amide bonds. The highest BCUT2D eigenvalue weighted by Gasteiger charge is 1.89. The van der Waals surface area contributed by atoms with E-state index in [0.717, 1.165) is 18.6 Å². The molecule has 72 valence electrons. The Hall–Kier alpha value is -0.380. The fourth-order valence-corrected chi connectivity index (χ4v) is 0.874. The number of oxime groups is 1. The molecule has 0 heterocycles. The fraction of sp³-hybridized carbons (Fsp3) is 0.875. The molecule has 0 spiro atoms. The second kappa shape index (κ2) is 8.71. The van der Waals surface area contributed by atoms with E-state index < -0.39 is 0 Å². The molecule has 0 aromatic rings. The van der Waals surface area contributed by atoms with E-state index in [-0.39, 0.29) is 0 Å². The highest BCUT2D eigenvalue weighted by molar-refractivity contribution is 7.80. The summed E-state index contributed by atoms with van der Waals surface area (Å²) in [7, 11) is 0. The molecular weight excluding hydrogens is 174 g/mol. The lowest BCUT2D eigenvalue weighted by Crippen LogP contribution is -2.00. The molecule has 0 aromatic carbocycles. The molecule has 0 fully saturated rings. The molecule has 0 saturated heterocycles. The van der Waals surface area contributed by atoms with Crippen LogP contribution in [0.25, 0.3) is 0 Å². The molecule has 0 aliphatic carbocycles. The van der Waals surface area contributed by atoms with E-state index >= 15 is 0 Å². The zero-order chi connectivity index (χ0) is 9.23. The standard InChI is InChI=1S/C8H17NO2S/c1-3-10-8(2)9-11-6-4-5-7-12/h12H,3-7H2,1-2H3/b9-8-. The lowest BCUT2D eigenvalue weighted by atomic mass is 10.4. The summed E-state index contributed by atoms with van der Waals surface area (Å²) in [5.41, 5.74) is 0. The van der Waals surface area contributed by atoms with E-state index in [1.807, 2.05) is 6.92 Å². The van der Waals surface area contributed by atoms with Gasteiger partial charge in [-0.3, -0.25) is 0 Å². The van der Waals surface area contributed by atoms with Gasteiger partial charge in [-0.25, -0.2) is 0 Å². The molecule has 4 heteroatoms. The van der Waals surface area contributed by atoms with Crippen LogP contribution in [0.15, 0.2) is 5.16 Å². The average molecular weight is 191 g/mol. The van der Waals surface area contributed by atoms with Crippen molar-refractivity contribution in [3.63, 3.8) is 0 Å². The van der Waals surface area contributed by atoms with Gasteiger partial charge in [0, 0.05) is 6.92 Å². The van der Waals surface area contributed by atoms with Crippen LogP contribution in [0.3, 0.4) is 0 Å². The minimum Gasteiger partial charge on any atom is -0.479 e. The summed E-state index contributed by atoms with van der Waals surface area (Å²) in [6, 6.07) is 0. The van der Waals surface area contributed by atoms with Gasteiger partial charge in [-0.05, 0) is 25.5 Å². The summed E-state index contributed by atoms with van der Waals surface area (Å²) in [5, 5.41) is 3.76. The number of hydrogen-bond donors (Lipinski definition) is 1. The van der Waals surface area contributed by atoms with Crippen molar-refractivity contribution in [3.8, 4) is 0 Å². The topological polar surface area (TPSA) is 30.8 Å². The van der Waals surface area contributed by atoms with Gasteiger partial charge in [-0.2, -0.15) is 12.6 Å². The van der Waals surface area contributed by atoms with Gasteiger partial charge in [-0.15, -0.1) is 0 Å². The van der Waals surface area contributed by atoms with Crippen molar-refractivity contribution in [2.24, 2.45) is 5.16 Å². The SMILES string of the molecule is CCO/C(C)=N\OCCCCS. The van der Waals surface area contributed by atoms with Crippen LogP contribution in [-0.2, 0) is 9.57 Å². The Morgan fingerprint density at radius 3 is 2.75 bits per heavy atom. The van der Waals surface area contributed by atoms with Crippen LogP contribution in [0, 0.1) is 0 Å². The molecule has 0 saturated carbocycles. The number of ether oxygens (including phenoxy) is 1. The largest absolute Gasteiger partial charge is 0.479 e. The van der Waals surface area contributed by atoms with Crippen molar-refractivity contribution in [3.05, 3.63) is 0 Å². The van der Waals surface area contributed by atoms with Crippen LogP contribution in [0.4, 0.5) is 0 Å². The lowest BCUT2D eigenvalue weighted by molar-refractivity contribution is 0.130. The highest BCUT2D eigenvalue weighted by Crippen LogP contribution is 1.93. The van der Waals surface area contributed by atoms with Crippen LogP contribution in [0.1, 0.15) is 26.7 Å². The van der Waals surface area contributed by atoms with E-state index in [9.17, 15) is 0 Å². The molecule has 0 unspecified atom stereocenters. The lowest BCUT2D eigenvalue weighted by Gasteiger charge is -2.01. The normalized spacial score (nSPS) is 11.4. The molecule has 0 bridgehead atoms. The zero-order valence-electron chi connectivity index (χ0n) is 7.75. The predicted octanol–water partition coefficient (Wildman–Crippen LogP) is 2.08. The first-order chi connectivity index (χ1) is 5.81. The first-order valence-corrected chi connectivity index (χ1v) is 4.84. The Bertz CT molecular complexity index is 128. The average Bonchev–Trinajstić information content (AvgIpc) is 2.05. The van der Waals surface area contributed by atoms with E-state index in [2.05, 4.69) is 17.8 Å². The van der Waals surface area contributed by atoms with Gasteiger partial charge in [0.1, 0.15) is 6.61 Å². The Morgan fingerprint density at radius 1 is 1.42 bits per heavy atom. The molecule has 12 heavy (non-hydrogen) atoms. The third-order valence-electron chi connectivity index (χ3n) is 1.19. The van der Waals surface area contributed by atoms with Crippen LogP contribution in [-0.4, -0.2) is 24.9 Å². The van der Waals surface area contributed by atoms with E-state index in [4.69, 9.17) is 9.57 Å². The van der Waals surface area contributed by atoms with Crippen LogP contribution in [0.2, 0.25) is 0 Å². The van der Waals surface area contributed by atoms with Crippen molar-refractivity contribution in [1.82, 2.24) is 0 Å². The van der Waals surface area contributed by atoms with Gasteiger partial charge in [0.25, 0.3) is 0 Å². The highest BCUT2D eigenvalue weighted by atomic mass is 32.1. The molecule has 3 nitrogen and oxygen atoms in total. The van der Waals surface area contributed by atoms with Gasteiger partial charge in [0.2, 0.25) is 5.90 Å². The van der Waals surface area contributed by atoms with Gasteiger partial charge in [0.05, 0.1) is 6.61 Å². The predicted molar refractivity (Wildman–Crippen MR) is 53.8 cm³/mol. The summed E-state index contributed by atoms with van der Waals surface area (Å²) in [6.07, 6.45) is 2.05. The van der Waals surface area contributed by atoms with Crippen molar-refractivity contribution in [2.75, 3.05) is 19.0 Å². The van der Waals surface area contributed by atoms with Crippen LogP contribution in [0.5, 0.6) is 0 Å². The minimum atomic E-state index is 0.586. The summed E-state index contributed by atoms with van der Waals surface area (Å²) in [4.78, 5) is 4.98. The molecule has 0 aliphatic rings. The van der Waals surface area contributed by atoms with Crippen molar-refractivity contribution < 1.29 is 9.57 Å². The van der Waals surface area contributed by atoms with Crippen molar-refractivity contribution >= 4 is 18.5 Å². The number of unbranched alkanes of at least 4 members (excludes halogenated alkanes) is 1. The Labute approximate surface area is 79.5 Å². The Balaban J connectivity index is 3.21. The van der Waals surface area contributed by atoms with E-state index in [1.165, 1.54) is 0 Å². The van der Waals surface area contributed by atoms with Crippen LogP contribution < -0.4 is 0 Å². The summed E-state index contributed by atoms with van der Waals surface area (Å²) < 4.78 is 5.06. The zero-order valence-corrected chi connectivity index (χ0v) is 8.64. The smallest absolute Gasteiger partial charge is 0.222 e. The second-order valence-electron chi connectivity index (χ2n) is 2.31. The molecule has 0 aliphatic heterocycles. The molecular formula is C8H17NO2S. The number of rotatable bonds is 6. The van der Waals surface area contributed by atoms with Gasteiger partial charge in [-0.1, -0.05) is 5.16 Å². The van der Waals surface area contributed by atoms with Crippen LogP contribution >= 0.6 is 12.6 Å². The second-order valence-corrected chi connectivity index (χ2v) is 2.75. The first kappa shape index (κ1) is 11.6. The summed E-state index contributed by atoms with van der Waals surface area (Å²) in [6.45, 7) is 4.97. The van der Waals surface area contributed by atoms with Gasteiger partial charge >= 0.3 is 0 Å². The maximum Gasteiger partial charge on any atom is 0.222 e. The Kier molecular flexibility index (Phi) is 8.44. The Morgan fingerprint density at radius 2 is 2.17 bits per heavy atom. The van der Waals surface area contributed by atoms with Crippen molar-refractivity contribution in [2.45, 2.75) is 26.7 Å². The summed E-state index contributed by atoms with van der Waals surface area (Å²) >= 11 is 4.08. The maximum atomic E-state index is 5.06. The molecule has 0 N–H and O–H groups in total. The van der Waals surface area contributed by atoms with Gasteiger partial charge in [0.15, 0.2) is 0 Å². The number of hydrogen-bond acceptors (Lipinski definition) is 4. The third-order valence-corrected chi connectivity index (χ3v) is 1.51. The maximum absolute atomic E-state index is 5.06. The quantitative estimate of drug-likeness (QED) is 0.229. The number of thiol groups is 1. The third kappa shape index (κ3) is 7.72. The fourth-order valence-electron chi connectivity index (χ4n) is 0.650. The first-order valence-electron chi connectivity index (χ1n) is 4.21.